The van der Waals surface area contributed by atoms with Crippen molar-refractivity contribution in [2.75, 3.05) is 7.05 Å². The lowest BCUT2D eigenvalue weighted by Crippen LogP contribution is -2.46. The quantitative estimate of drug-likeness (QED) is 0.597. The van der Waals surface area contributed by atoms with Crippen LogP contribution in [0, 0.1) is 16.0 Å². The lowest BCUT2D eigenvalue weighted by Gasteiger charge is -2.27. The smallest absolute Gasteiger partial charge is 0.322 e. The number of sulfonamides is 1. The molecule has 1 rings (SSSR count). The second-order valence-electron chi connectivity index (χ2n) is 5.22. The number of benzene rings is 1. The molecule has 0 amide bonds. The third kappa shape index (κ3) is 4.25. The molecule has 0 heterocycles. The molecular formula is C13H18N2O6S. The number of likely N-dealkylation sites (N-methyl/N-ethyl adjacent to an activating group) is 1. The molecule has 0 bridgehead atoms. The fourth-order valence-electron chi connectivity index (χ4n) is 2.06. The van der Waals surface area contributed by atoms with Gasteiger partial charge in [0.05, 0.1) is 10.7 Å². The first kappa shape index (κ1) is 18.1. The van der Waals surface area contributed by atoms with Crippen LogP contribution in [0.2, 0.25) is 0 Å². The topological polar surface area (TPSA) is 118 Å². The van der Waals surface area contributed by atoms with Gasteiger partial charge in [-0.15, -0.1) is 0 Å². The van der Waals surface area contributed by atoms with E-state index in [1.54, 1.807) is 13.8 Å². The molecule has 0 aliphatic heterocycles. The molecule has 0 aliphatic rings. The maximum Gasteiger partial charge on any atom is 0.322 e. The third-order valence-corrected chi connectivity index (χ3v) is 5.01. The molecule has 1 N–H and O–H groups in total. The highest BCUT2D eigenvalue weighted by Gasteiger charge is 2.33. The maximum atomic E-state index is 12.3. The SMILES string of the molecule is CC(C)[C@H](C(=O)O)N(C)S(=O)(=O)Cc1ccc([N+](=O)[O-])cc1. The predicted molar refractivity (Wildman–Crippen MR) is 79.7 cm³/mol. The van der Waals surface area contributed by atoms with E-state index in [0.717, 1.165) is 4.31 Å². The van der Waals surface area contributed by atoms with Crippen LogP contribution in [-0.4, -0.2) is 41.8 Å². The van der Waals surface area contributed by atoms with Gasteiger partial charge in [0.2, 0.25) is 10.0 Å². The van der Waals surface area contributed by atoms with Gasteiger partial charge in [-0.3, -0.25) is 14.9 Å². The lowest BCUT2D eigenvalue weighted by atomic mass is 10.1. The number of rotatable bonds is 7. The Morgan fingerprint density at radius 1 is 1.32 bits per heavy atom. The average molecular weight is 330 g/mol. The van der Waals surface area contributed by atoms with E-state index in [1.165, 1.54) is 31.3 Å². The van der Waals surface area contributed by atoms with Crippen LogP contribution >= 0.6 is 0 Å². The molecule has 1 atom stereocenters. The number of carboxylic acids is 1. The van der Waals surface area contributed by atoms with Crippen LogP contribution in [0.25, 0.3) is 0 Å². The van der Waals surface area contributed by atoms with Gasteiger partial charge in [-0.1, -0.05) is 26.0 Å². The summed E-state index contributed by atoms with van der Waals surface area (Å²) in [6.45, 7) is 3.24. The number of nitro groups is 1. The van der Waals surface area contributed by atoms with E-state index in [1.807, 2.05) is 0 Å². The Morgan fingerprint density at radius 3 is 2.18 bits per heavy atom. The van der Waals surface area contributed by atoms with Gasteiger partial charge in [0, 0.05) is 19.2 Å². The van der Waals surface area contributed by atoms with E-state index in [-0.39, 0.29) is 5.69 Å². The Bertz CT molecular complexity index is 654. The zero-order valence-corrected chi connectivity index (χ0v) is 13.3. The summed E-state index contributed by atoms with van der Waals surface area (Å²) in [6, 6.07) is 3.94. The molecule has 9 heteroatoms. The van der Waals surface area contributed by atoms with Crippen LogP contribution in [0.15, 0.2) is 24.3 Å². The second kappa shape index (κ2) is 6.84. The molecule has 0 spiro atoms. The minimum atomic E-state index is -3.85. The molecule has 0 fully saturated rings. The fraction of sp³-hybridized carbons (Fsp3) is 0.462. The number of carbonyl (C=O) groups is 1. The van der Waals surface area contributed by atoms with E-state index in [2.05, 4.69) is 0 Å². The van der Waals surface area contributed by atoms with Crippen LogP contribution in [0.3, 0.4) is 0 Å². The van der Waals surface area contributed by atoms with Crippen molar-refractivity contribution in [2.45, 2.75) is 25.6 Å². The number of non-ortho nitro benzene ring substituents is 1. The van der Waals surface area contributed by atoms with Gasteiger partial charge in [-0.05, 0) is 11.5 Å². The third-order valence-electron chi connectivity index (χ3n) is 3.21. The Morgan fingerprint density at radius 2 is 1.82 bits per heavy atom. The number of hydrogen-bond donors (Lipinski definition) is 1. The molecule has 0 radical (unpaired) electrons. The molecule has 1 aromatic carbocycles. The van der Waals surface area contributed by atoms with E-state index >= 15 is 0 Å². The van der Waals surface area contributed by atoms with Gasteiger partial charge < -0.3 is 5.11 Å². The standard InChI is InChI=1S/C13H18N2O6S/c1-9(2)12(13(16)17)14(3)22(20,21)8-10-4-6-11(7-5-10)15(18)19/h4-7,9,12H,8H2,1-3H3,(H,16,17)/t12-/m1/s1. The van der Waals surface area contributed by atoms with Gasteiger partial charge in [0.1, 0.15) is 6.04 Å². The van der Waals surface area contributed by atoms with Gasteiger partial charge in [-0.25, -0.2) is 8.42 Å². The largest absolute Gasteiger partial charge is 0.480 e. The first-order valence-corrected chi connectivity index (χ1v) is 8.09. The normalized spacial score (nSPS) is 13.3. The predicted octanol–water partition coefficient (Wildman–Crippen LogP) is 1.47. The summed E-state index contributed by atoms with van der Waals surface area (Å²) in [6.07, 6.45) is 0. The van der Waals surface area contributed by atoms with Crippen molar-refractivity contribution in [1.29, 1.82) is 0 Å². The fourth-order valence-corrected chi connectivity index (χ4v) is 3.56. The van der Waals surface area contributed by atoms with Crippen molar-refractivity contribution >= 4 is 21.7 Å². The summed E-state index contributed by atoms with van der Waals surface area (Å²) in [5.74, 6) is -2.03. The average Bonchev–Trinajstić information content (AvgIpc) is 2.37. The molecule has 0 aliphatic carbocycles. The molecule has 0 aromatic heterocycles. The Labute approximate surface area is 128 Å². The molecule has 0 saturated heterocycles. The molecular weight excluding hydrogens is 312 g/mol. The van der Waals surface area contributed by atoms with Crippen LogP contribution in [0.5, 0.6) is 0 Å². The van der Waals surface area contributed by atoms with E-state index in [4.69, 9.17) is 5.11 Å². The Kier molecular flexibility index (Phi) is 5.61. The minimum Gasteiger partial charge on any atom is -0.480 e. The van der Waals surface area contributed by atoms with E-state index in [0.29, 0.717) is 5.56 Å². The highest BCUT2D eigenvalue weighted by molar-refractivity contribution is 7.88. The highest BCUT2D eigenvalue weighted by atomic mass is 32.2. The van der Waals surface area contributed by atoms with Crippen LogP contribution in [0.4, 0.5) is 5.69 Å². The molecule has 22 heavy (non-hydrogen) atoms. The van der Waals surface area contributed by atoms with Gasteiger partial charge in [0.15, 0.2) is 0 Å². The number of nitrogens with zero attached hydrogens (tertiary/aromatic N) is 2. The summed E-state index contributed by atoms with van der Waals surface area (Å²) in [5.41, 5.74) is 0.213. The first-order valence-electron chi connectivity index (χ1n) is 6.48. The summed E-state index contributed by atoms with van der Waals surface area (Å²) in [7, 11) is -2.63. The highest BCUT2D eigenvalue weighted by Crippen LogP contribution is 2.19. The van der Waals surface area contributed by atoms with Crippen molar-refractivity contribution in [1.82, 2.24) is 4.31 Å². The molecule has 0 saturated carbocycles. The summed E-state index contributed by atoms with van der Waals surface area (Å²) < 4.78 is 25.4. The Balaban J connectivity index is 2.99. The Hall–Kier alpha value is -2.00. The maximum absolute atomic E-state index is 12.3. The van der Waals surface area contributed by atoms with Crippen LogP contribution < -0.4 is 0 Å². The molecule has 0 unspecified atom stereocenters. The second-order valence-corrected chi connectivity index (χ2v) is 7.25. The van der Waals surface area contributed by atoms with Crippen LogP contribution in [0.1, 0.15) is 19.4 Å². The minimum absolute atomic E-state index is 0.139. The van der Waals surface area contributed by atoms with E-state index in [9.17, 15) is 23.3 Å². The molecule has 1 aromatic rings. The van der Waals surface area contributed by atoms with Crippen molar-refractivity contribution < 1.29 is 23.2 Å². The summed E-state index contributed by atoms with van der Waals surface area (Å²) in [4.78, 5) is 21.2. The number of aliphatic carboxylic acids is 1. The van der Waals surface area contributed by atoms with Gasteiger partial charge in [-0.2, -0.15) is 4.31 Å². The monoisotopic (exact) mass is 330 g/mol. The molecule has 8 nitrogen and oxygen atoms in total. The van der Waals surface area contributed by atoms with Crippen molar-refractivity contribution in [2.24, 2.45) is 5.92 Å². The first-order chi connectivity index (χ1) is 10.1. The number of carboxylic acid groups (broad SMARTS) is 1. The van der Waals surface area contributed by atoms with Crippen molar-refractivity contribution in [3.05, 3.63) is 39.9 Å². The lowest BCUT2D eigenvalue weighted by molar-refractivity contribution is -0.384. The zero-order valence-electron chi connectivity index (χ0n) is 12.5. The van der Waals surface area contributed by atoms with Gasteiger partial charge >= 0.3 is 5.97 Å². The van der Waals surface area contributed by atoms with Crippen molar-refractivity contribution in [3.63, 3.8) is 0 Å². The number of nitro benzene ring substituents is 1. The number of hydrogen-bond acceptors (Lipinski definition) is 5. The summed E-state index contributed by atoms with van der Waals surface area (Å²) >= 11 is 0. The summed E-state index contributed by atoms with van der Waals surface area (Å²) in [5, 5.41) is 19.7. The van der Waals surface area contributed by atoms with Gasteiger partial charge in [0.25, 0.3) is 5.69 Å². The van der Waals surface area contributed by atoms with Crippen LogP contribution in [-0.2, 0) is 20.6 Å². The van der Waals surface area contributed by atoms with Crippen molar-refractivity contribution in [3.8, 4) is 0 Å². The molecule has 122 valence electrons. The van der Waals surface area contributed by atoms with E-state index < -0.39 is 38.6 Å². The zero-order chi connectivity index (χ0) is 17.1.